The van der Waals surface area contributed by atoms with Crippen LogP contribution < -0.4 is 11.1 Å². The second-order valence-electron chi connectivity index (χ2n) is 4.04. The van der Waals surface area contributed by atoms with Crippen LogP contribution in [0.25, 0.3) is 0 Å². The van der Waals surface area contributed by atoms with Crippen LogP contribution in [0.15, 0.2) is 11.2 Å². The van der Waals surface area contributed by atoms with E-state index in [4.69, 9.17) is 5.73 Å². The van der Waals surface area contributed by atoms with Crippen molar-refractivity contribution in [2.24, 2.45) is 0 Å². The van der Waals surface area contributed by atoms with E-state index in [1.165, 1.54) is 11.8 Å². The molecule has 0 saturated carbocycles. The van der Waals surface area contributed by atoms with E-state index in [9.17, 15) is 4.79 Å². The number of likely N-dealkylation sites (N-methyl/N-ethyl adjacent to an activating group) is 1. The maximum absolute atomic E-state index is 12.1. The van der Waals surface area contributed by atoms with Crippen molar-refractivity contribution in [3.8, 4) is 0 Å². The van der Waals surface area contributed by atoms with E-state index in [1.54, 1.807) is 11.0 Å². The van der Waals surface area contributed by atoms with E-state index >= 15 is 0 Å². The lowest BCUT2D eigenvalue weighted by Gasteiger charge is -2.23. The Bertz CT molecular complexity index is 436. The first kappa shape index (κ1) is 15.6. The summed E-state index contributed by atoms with van der Waals surface area (Å²) in [5.41, 5.74) is 5.70. The average Bonchev–Trinajstić information content (AvgIpc) is 2.39. The van der Waals surface area contributed by atoms with E-state index in [0.29, 0.717) is 29.9 Å². The van der Waals surface area contributed by atoms with Crippen molar-refractivity contribution in [3.05, 3.63) is 6.07 Å². The Hall–Kier alpha value is -1.50. The molecule has 1 heterocycles. The number of carbonyl (C=O) groups excluding carboxylic acids is 1. The molecule has 0 bridgehead atoms. The average molecular weight is 283 g/mol. The van der Waals surface area contributed by atoms with Gasteiger partial charge in [-0.25, -0.2) is 9.97 Å². The first-order valence-corrected chi connectivity index (χ1v) is 7.48. The maximum atomic E-state index is 12.1. The lowest BCUT2D eigenvalue weighted by molar-refractivity contribution is -0.131. The minimum atomic E-state index is -0.344. The second kappa shape index (κ2) is 7.18. The fourth-order valence-corrected chi connectivity index (χ4v) is 2.09. The number of hydrogen-bond acceptors (Lipinski definition) is 6. The zero-order valence-electron chi connectivity index (χ0n) is 11.8. The van der Waals surface area contributed by atoms with Gasteiger partial charge in [0.15, 0.2) is 5.16 Å². The van der Waals surface area contributed by atoms with Crippen molar-refractivity contribution in [1.82, 2.24) is 14.9 Å². The zero-order valence-corrected chi connectivity index (χ0v) is 12.6. The molecule has 0 saturated heterocycles. The van der Waals surface area contributed by atoms with Gasteiger partial charge in [0.05, 0.1) is 0 Å². The topological polar surface area (TPSA) is 84.1 Å². The number of carbonyl (C=O) groups is 1. The molecular formula is C12H21N5OS. The van der Waals surface area contributed by atoms with Crippen molar-refractivity contribution in [1.29, 1.82) is 0 Å². The standard InChI is InChI=1S/C12H21N5OS/c1-5-17(6-2)11(18)8(3)14-10-7-9(13)15-12(16-10)19-4/h7-8H,5-6H2,1-4H3,(H3,13,14,15,16). The monoisotopic (exact) mass is 283 g/mol. The summed E-state index contributed by atoms with van der Waals surface area (Å²) < 4.78 is 0. The van der Waals surface area contributed by atoms with E-state index < -0.39 is 0 Å². The summed E-state index contributed by atoms with van der Waals surface area (Å²) in [4.78, 5) is 22.2. The number of rotatable bonds is 6. The highest BCUT2D eigenvalue weighted by atomic mass is 32.2. The van der Waals surface area contributed by atoms with Gasteiger partial charge in [0, 0.05) is 19.2 Å². The summed E-state index contributed by atoms with van der Waals surface area (Å²) >= 11 is 1.41. The highest BCUT2D eigenvalue weighted by Gasteiger charge is 2.18. The van der Waals surface area contributed by atoms with Crippen molar-refractivity contribution in [3.63, 3.8) is 0 Å². The second-order valence-corrected chi connectivity index (χ2v) is 4.81. The molecule has 106 valence electrons. The lowest BCUT2D eigenvalue weighted by atomic mass is 10.2. The van der Waals surface area contributed by atoms with Crippen LogP contribution >= 0.6 is 11.8 Å². The van der Waals surface area contributed by atoms with Crippen LogP contribution in [-0.4, -0.2) is 46.2 Å². The summed E-state index contributed by atoms with van der Waals surface area (Å²) in [6.45, 7) is 7.13. The number of nitrogen functional groups attached to an aromatic ring is 1. The fraction of sp³-hybridized carbons (Fsp3) is 0.583. The zero-order chi connectivity index (χ0) is 14.4. The van der Waals surface area contributed by atoms with Crippen LogP contribution in [0, 0.1) is 0 Å². The highest BCUT2D eigenvalue weighted by molar-refractivity contribution is 7.98. The molecular weight excluding hydrogens is 262 g/mol. The molecule has 1 amide bonds. The first-order valence-electron chi connectivity index (χ1n) is 6.25. The summed E-state index contributed by atoms with van der Waals surface area (Å²) in [7, 11) is 0. The number of nitrogens with zero attached hydrogens (tertiary/aromatic N) is 3. The number of amides is 1. The molecule has 0 aromatic carbocycles. The van der Waals surface area contributed by atoms with E-state index in [0.717, 1.165) is 0 Å². The van der Waals surface area contributed by atoms with Crippen molar-refractivity contribution in [2.45, 2.75) is 32.0 Å². The van der Waals surface area contributed by atoms with Crippen molar-refractivity contribution < 1.29 is 4.79 Å². The summed E-state index contributed by atoms with van der Waals surface area (Å²) in [6.07, 6.45) is 1.88. The van der Waals surface area contributed by atoms with Crippen molar-refractivity contribution in [2.75, 3.05) is 30.4 Å². The van der Waals surface area contributed by atoms with Crippen LogP contribution in [0.5, 0.6) is 0 Å². The molecule has 0 aliphatic rings. The summed E-state index contributed by atoms with van der Waals surface area (Å²) in [6, 6.07) is 1.29. The molecule has 7 heteroatoms. The van der Waals surface area contributed by atoms with E-state index in [-0.39, 0.29) is 11.9 Å². The Morgan fingerprint density at radius 2 is 2.11 bits per heavy atom. The number of anilines is 2. The van der Waals surface area contributed by atoms with Gasteiger partial charge in [-0.1, -0.05) is 11.8 Å². The predicted octanol–water partition coefficient (Wildman–Crippen LogP) is 1.45. The van der Waals surface area contributed by atoms with Gasteiger partial charge in [0.25, 0.3) is 0 Å². The SMILES string of the molecule is CCN(CC)C(=O)C(C)Nc1cc(N)nc(SC)n1. The molecule has 19 heavy (non-hydrogen) atoms. The van der Waals surface area contributed by atoms with Gasteiger partial charge >= 0.3 is 0 Å². The normalized spacial score (nSPS) is 12.0. The van der Waals surface area contributed by atoms with Crippen LogP contribution in [0.1, 0.15) is 20.8 Å². The van der Waals surface area contributed by atoms with Gasteiger partial charge < -0.3 is 16.0 Å². The number of thioether (sulfide) groups is 1. The molecule has 0 spiro atoms. The predicted molar refractivity (Wildman–Crippen MR) is 79.2 cm³/mol. The molecule has 0 aliphatic carbocycles. The van der Waals surface area contributed by atoms with Crippen LogP contribution in [0.3, 0.4) is 0 Å². The Kier molecular flexibility index (Phi) is 5.88. The summed E-state index contributed by atoms with van der Waals surface area (Å²) in [5.74, 6) is 1.02. The molecule has 1 atom stereocenters. The van der Waals surface area contributed by atoms with Gasteiger partial charge in [-0.2, -0.15) is 0 Å². The quantitative estimate of drug-likeness (QED) is 0.607. The first-order chi connectivity index (χ1) is 9.01. The maximum Gasteiger partial charge on any atom is 0.244 e. The van der Waals surface area contributed by atoms with Crippen LogP contribution in [0.4, 0.5) is 11.6 Å². The van der Waals surface area contributed by atoms with Crippen LogP contribution in [0.2, 0.25) is 0 Å². The summed E-state index contributed by atoms with van der Waals surface area (Å²) in [5, 5.41) is 3.66. The third-order valence-corrected chi connectivity index (χ3v) is 3.27. The molecule has 0 aliphatic heterocycles. The number of hydrogen-bond donors (Lipinski definition) is 2. The van der Waals surface area contributed by atoms with Crippen LogP contribution in [-0.2, 0) is 4.79 Å². The Morgan fingerprint density at radius 3 is 2.63 bits per heavy atom. The molecule has 3 N–H and O–H groups in total. The number of nitrogens with two attached hydrogens (primary N) is 1. The minimum absolute atomic E-state index is 0.0490. The molecule has 0 fully saturated rings. The molecule has 1 aromatic rings. The Morgan fingerprint density at radius 1 is 1.47 bits per heavy atom. The lowest BCUT2D eigenvalue weighted by Crippen LogP contribution is -2.41. The number of aromatic nitrogens is 2. The van der Waals surface area contributed by atoms with Gasteiger partial charge in [-0.3, -0.25) is 4.79 Å². The van der Waals surface area contributed by atoms with Gasteiger partial charge in [0.1, 0.15) is 17.7 Å². The van der Waals surface area contributed by atoms with Gasteiger partial charge in [-0.15, -0.1) is 0 Å². The third-order valence-electron chi connectivity index (χ3n) is 2.72. The fourth-order valence-electron chi connectivity index (χ4n) is 1.70. The molecule has 1 unspecified atom stereocenters. The number of nitrogens with one attached hydrogen (secondary N) is 1. The van der Waals surface area contributed by atoms with Gasteiger partial charge in [-0.05, 0) is 27.0 Å². The molecule has 6 nitrogen and oxygen atoms in total. The Balaban J connectivity index is 2.78. The van der Waals surface area contributed by atoms with E-state index in [1.807, 2.05) is 27.0 Å². The largest absolute Gasteiger partial charge is 0.383 e. The highest BCUT2D eigenvalue weighted by Crippen LogP contribution is 2.16. The van der Waals surface area contributed by atoms with Crippen molar-refractivity contribution >= 4 is 29.3 Å². The third kappa shape index (κ3) is 4.27. The molecule has 1 rings (SSSR count). The Labute approximate surface area is 118 Å². The van der Waals surface area contributed by atoms with E-state index in [2.05, 4.69) is 15.3 Å². The smallest absolute Gasteiger partial charge is 0.244 e. The van der Waals surface area contributed by atoms with Gasteiger partial charge in [0.2, 0.25) is 5.91 Å². The minimum Gasteiger partial charge on any atom is -0.383 e. The molecule has 1 aromatic heterocycles. The molecule has 0 radical (unpaired) electrons.